The molecule has 1 aromatic carbocycles. The van der Waals surface area contributed by atoms with Crippen LogP contribution in [0, 0.1) is 11.8 Å². The zero-order valence-corrected chi connectivity index (χ0v) is 20.1. The summed E-state index contributed by atoms with van der Waals surface area (Å²) in [4.78, 5) is 0. The van der Waals surface area contributed by atoms with Crippen LogP contribution in [0.4, 0.5) is 5.69 Å². The van der Waals surface area contributed by atoms with Crippen molar-refractivity contribution in [3.63, 3.8) is 0 Å². The van der Waals surface area contributed by atoms with Crippen molar-refractivity contribution < 1.29 is 16.8 Å². The molecule has 0 atom stereocenters. The van der Waals surface area contributed by atoms with E-state index in [-0.39, 0.29) is 5.25 Å². The minimum Gasteiger partial charge on any atom is -0.283 e. The van der Waals surface area contributed by atoms with Gasteiger partial charge in [0.2, 0.25) is 10.0 Å². The Balaban J connectivity index is 1.80. The molecule has 7 heteroatoms. The first-order chi connectivity index (χ1) is 13.3. The Morgan fingerprint density at radius 1 is 0.931 bits per heavy atom. The fourth-order valence-electron chi connectivity index (χ4n) is 3.63. The summed E-state index contributed by atoms with van der Waals surface area (Å²) in [6, 6.07) is 7.63. The lowest BCUT2D eigenvalue weighted by Gasteiger charge is -2.29. The number of nitrogens with one attached hydrogen (secondary N) is 1. The van der Waals surface area contributed by atoms with Crippen molar-refractivity contribution in [2.24, 2.45) is 11.8 Å². The van der Waals surface area contributed by atoms with Gasteiger partial charge in [0.05, 0.1) is 15.7 Å². The van der Waals surface area contributed by atoms with Gasteiger partial charge in [0.25, 0.3) is 0 Å². The van der Waals surface area contributed by atoms with Gasteiger partial charge in [-0.15, -0.1) is 0 Å². The van der Waals surface area contributed by atoms with Gasteiger partial charge in [-0.05, 0) is 89.8 Å². The molecule has 29 heavy (non-hydrogen) atoms. The van der Waals surface area contributed by atoms with E-state index in [0.29, 0.717) is 23.3 Å². The van der Waals surface area contributed by atoms with Gasteiger partial charge >= 0.3 is 0 Å². The van der Waals surface area contributed by atoms with Crippen LogP contribution >= 0.6 is 0 Å². The molecule has 0 aliphatic heterocycles. The quantitative estimate of drug-likeness (QED) is 0.626. The number of hydrogen-bond donors (Lipinski definition) is 1. The van der Waals surface area contributed by atoms with Gasteiger partial charge in [0.15, 0.2) is 9.84 Å². The minimum absolute atomic E-state index is 0.281. The fraction of sp³-hybridized carbons (Fsp3) is 0.727. The smallest absolute Gasteiger partial charge is 0.237 e. The van der Waals surface area contributed by atoms with Crippen molar-refractivity contribution in [2.45, 2.75) is 83.1 Å². The molecule has 0 amide bonds. The van der Waals surface area contributed by atoms with Crippen LogP contribution < -0.4 is 4.72 Å². The highest BCUT2D eigenvalue weighted by atomic mass is 32.2. The first-order valence-corrected chi connectivity index (χ1v) is 13.8. The average Bonchev–Trinajstić information content (AvgIpc) is 2.61. The summed E-state index contributed by atoms with van der Waals surface area (Å²) in [6.45, 7) is 8.56. The van der Waals surface area contributed by atoms with Crippen LogP contribution in [-0.2, 0) is 26.3 Å². The molecule has 1 fully saturated rings. The van der Waals surface area contributed by atoms with E-state index in [9.17, 15) is 16.8 Å². The topological polar surface area (TPSA) is 80.3 Å². The van der Waals surface area contributed by atoms with Crippen molar-refractivity contribution >= 4 is 25.5 Å². The van der Waals surface area contributed by atoms with E-state index >= 15 is 0 Å². The molecule has 1 aliphatic rings. The van der Waals surface area contributed by atoms with Crippen molar-refractivity contribution in [3.05, 3.63) is 29.8 Å². The van der Waals surface area contributed by atoms with Crippen LogP contribution in [0.1, 0.15) is 72.3 Å². The predicted molar refractivity (Wildman–Crippen MR) is 121 cm³/mol. The van der Waals surface area contributed by atoms with Crippen LogP contribution in [-0.4, -0.2) is 32.6 Å². The maximum atomic E-state index is 12.2. The molecule has 0 heterocycles. The molecule has 1 N–H and O–H groups in total. The number of benzene rings is 1. The second-order valence-corrected chi connectivity index (χ2v) is 14.8. The molecule has 1 aliphatic carbocycles. The maximum absolute atomic E-state index is 12.2. The highest BCUT2D eigenvalue weighted by Gasteiger charge is 2.29. The Hall–Kier alpha value is -1.08. The molecule has 166 valence electrons. The number of hydrogen-bond acceptors (Lipinski definition) is 4. The molecule has 1 aromatic rings. The third-order valence-corrected chi connectivity index (χ3v) is 10.5. The highest BCUT2D eigenvalue weighted by Crippen LogP contribution is 2.33. The van der Waals surface area contributed by atoms with Crippen LogP contribution in [0.3, 0.4) is 0 Å². The lowest BCUT2D eigenvalue weighted by molar-refractivity contribution is 0.278. The van der Waals surface area contributed by atoms with Crippen molar-refractivity contribution in [2.75, 3.05) is 10.5 Å². The SMILES string of the molecule is CC(C)S(=O)(=O)CC1CCC(CCc2ccc(NS(=O)(=O)C(C)(C)C)cc2)CC1. The molecular formula is C22H37NO4S2. The fourth-order valence-corrected chi connectivity index (χ4v) is 5.75. The second-order valence-electron chi connectivity index (χ2n) is 9.72. The standard InChI is InChI=1S/C22H37NO4S2/c1-17(2)28(24,25)16-20-10-8-18(9-11-20)6-7-19-12-14-21(15-13-19)23-29(26,27)22(3,4)5/h12-15,17-18,20,23H,6-11,16H2,1-5H3. The van der Waals surface area contributed by atoms with E-state index in [2.05, 4.69) is 4.72 Å². The van der Waals surface area contributed by atoms with Crippen molar-refractivity contribution in [3.8, 4) is 0 Å². The monoisotopic (exact) mass is 443 g/mol. The summed E-state index contributed by atoms with van der Waals surface area (Å²) in [7, 11) is -6.36. The molecule has 0 saturated heterocycles. The second kappa shape index (κ2) is 9.38. The molecule has 2 rings (SSSR count). The Bertz CT molecular complexity index is 858. The van der Waals surface area contributed by atoms with Crippen LogP contribution in [0.15, 0.2) is 24.3 Å². The van der Waals surface area contributed by atoms with Crippen molar-refractivity contribution in [1.29, 1.82) is 0 Å². The van der Waals surface area contributed by atoms with Crippen molar-refractivity contribution in [1.82, 2.24) is 0 Å². The molecule has 1 saturated carbocycles. The first-order valence-electron chi connectivity index (χ1n) is 10.6. The summed E-state index contributed by atoms with van der Waals surface area (Å²) in [6.07, 6.45) is 6.26. The largest absolute Gasteiger partial charge is 0.283 e. The number of rotatable bonds is 8. The molecule has 0 radical (unpaired) electrons. The Kier molecular flexibility index (Phi) is 7.82. The number of aryl methyl sites for hydroxylation is 1. The summed E-state index contributed by atoms with van der Waals surface area (Å²) in [5.74, 6) is 1.30. The van der Waals surface area contributed by atoms with E-state index in [1.807, 2.05) is 24.3 Å². The van der Waals surface area contributed by atoms with Gasteiger partial charge in [0.1, 0.15) is 0 Å². The highest BCUT2D eigenvalue weighted by molar-refractivity contribution is 7.94. The van der Waals surface area contributed by atoms with E-state index in [1.54, 1.807) is 34.6 Å². The predicted octanol–water partition coefficient (Wildman–Crippen LogP) is 4.79. The minimum atomic E-state index is -3.41. The van der Waals surface area contributed by atoms with Gasteiger partial charge in [-0.25, -0.2) is 16.8 Å². The zero-order chi connectivity index (χ0) is 21.9. The first kappa shape index (κ1) is 24.2. The van der Waals surface area contributed by atoms with E-state index in [0.717, 1.165) is 38.5 Å². The molecule has 0 aromatic heterocycles. The Morgan fingerprint density at radius 3 is 1.93 bits per heavy atom. The summed E-state index contributed by atoms with van der Waals surface area (Å²) in [5.41, 5.74) is 1.80. The van der Waals surface area contributed by atoms with E-state index in [4.69, 9.17) is 0 Å². The van der Waals surface area contributed by atoms with Gasteiger partial charge in [0, 0.05) is 5.69 Å². The average molecular weight is 444 g/mol. The zero-order valence-electron chi connectivity index (χ0n) is 18.4. The van der Waals surface area contributed by atoms with E-state index < -0.39 is 24.6 Å². The maximum Gasteiger partial charge on any atom is 0.237 e. The molecule has 0 spiro atoms. The number of sulfonamides is 1. The number of anilines is 1. The summed E-state index contributed by atoms with van der Waals surface area (Å²) < 4.78 is 50.5. The Morgan fingerprint density at radius 2 is 1.45 bits per heavy atom. The van der Waals surface area contributed by atoms with Crippen LogP contribution in [0.25, 0.3) is 0 Å². The summed E-state index contributed by atoms with van der Waals surface area (Å²) in [5, 5.41) is -0.281. The van der Waals surface area contributed by atoms with Gasteiger partial charge < -0.3 is 0 Å². The third-order valence-electron chi connectivity index (χ3n) is 6.01. The van der Waals surface area contributed by atoms with E-state index in [1.165, 1.54) is 5.56 Å². The number of sulfone groups is 1. The molecule has 5 nitrogen and oxygen atoms in total. The molecule has 0 bridgehead atoms. The van der Waals surface area contributed by atoms with Gasteiger partial charge in [-0.2, -0.15) is 0 Å². The van der Waals surface area contributed by atoms with Crippen LogP contribution in [0.2, 0.25) is 0 Å². The summed E-state index contributed by atoms with van der Waals surface area (Å²) >= 11 is 0. The third kappa shape index (κ3) is 6.99. The molecule has 0 unspecified atom stereocenters. The van der Waals surface area contributed by atoms with Crippen LogP contribution in [0.5, 0.6) is 0 Å². The lowest BCUT2D eigenvalue weighted by atomic mass is 9.80. The van der Waals surface area contributed by atoms with Gasteiger partial charge in [-0.1, -0.05) is 25.0 Å². The Labute approximate surface area is 177 Å². The molecular weight excluding hydrogens is 406 g/mol. The normalized spacial score (nSPS) is 21.3. The van der Waals surface area contributed by atoms with Gasteiger partial charge in [-0.3, -0.25) is 4.72 Å². The lowest BCUT2D eigenvalue weighted by Crippen LogP contribution is -2.33.